The van der Waals surface area contributed by atoms with E-state index in [9.17, 15) is 4.79 Å². The zero-order valence-corrected chi connectivity index (χ0v) is 9.58. The van der Waals surface area contributed by atoms with Gasteiger partial charge in [0.25, 0.3) is 0 Å². The predicted octanol–water partition coefficient (Wildman–Crippen LogP) is 2.39. The molecule has 0 bridgehead atoms. The van der Waals surface area contributed by atoms with Crippen LogP contribution in [0.5, 0.6) is 0 Å². The number of hydrogen-bond donors (Lipinski definition) is 1. The van der Waals surface area contributed by atoms with Gasteiger partial charge < -0.3 is 5.11 Å². The Morgan fingerprint density at radius 2 is 2.07 bits per heavy atom. The number of carbonyl (C=O) groups is 1. The fourth-order valence-corrected chi connectivity index (χ4v) is 1.74. The summed E-state index contributed by atoms with van der Waals surface area (Å²) in [5, 5.41) is 13.2. The molecule has 84 valence electrons. The Balaban J connectivity index is 2.82. The molecule has 0 saturated heterocycles. The predicted molar refractivity (Wildman–Crippen MR) is 58.2 cm³/mol. The van der Waals surface area contributed by atoms with E-state index in [2.05, 4.69) is 12.0 Å². The standard InChI is InChI=1S/C11H18N2O2/c1-4-5-6-7-13-9(3)10(11(14)15)8(2)12-13/h4-7H2,1-3H3,(H,14,15). The van der Waals surface area contributed by atoms with Crippen LogP contribution < -0.4 is 0 Å². The lowest BCUT2D eigenvalue weighted by molar-refractivity contribution is 0.0695. The molecule has 1 aromatic heterocycles. The van der Waals surface area contributed by atoms with Crippen molar-refractivity contribution in [3.63, 3.8) is 0 Å². The van der Waals surface area contributed by atoms with Gasteiger partial charge in [-0.1, -0.05) is 19.8 Å². The van der Waals surface area contributed by atoms with E-state index in [0.717, 1.165) is 31.5 Å². The van der Waals surface area contributed by atoms with E-state index in [1.54, 1.807) is 11.6 Å². The van der Waals surface area contributed by atoms with Crippen LogP contribution in [-0.2, 0) is 6.54 Å². The van der Waals surface area contributed by atoms with Crippen molar-refractivity contribution in [2.24, 2.45) is 0 Å². The minimum absolute atomic E-state index is 0.353. The quantitative estimate of drug-likeness (QED) is 0.759. The molecule has 4 heteroatoms. The third kappa shape index (κ3) is 2.58. The Kier molecular flexibility index (Phi) is 3.88. The van der Waals surface area contributed by atoms with Gasteiger partial charge in [-0.15, -0.1) is 0 Å². The maximum Gasteiger partial charge on any atom is 0.339 e. The number of unbranched alkanes of at least 4 members (excludes halogenated alkanes) is 2. The van der Waals surface area contributed by atoms with Crippen molar-refractivity contribution in [2.45, 2.75) is 46.6 Å². The van der Waals surface area contributed by atoms with Gasteiger partial charge in [0.15, 0.2) is 0 Å². The molecule has 1 heterocycles. The molecule has 0 fully saturated rings. The van der Waals surface area contributed by atoms with Crippen molar-refractivity contribution < 1.29 is 9.90 Å². The molecule has 0 aliphatic carbocycles. The van der Waals surface area contributed by atoms with Crippen molar-refractivity contribution in [1.82, 2.24) is 9.78 Å². The van der Waals surface area contributed by atoms with Gasteiger partial charge in [-0.25, -0.2) is 4.79 Å². The summed E-state index contributed by atoms with van der Waals surface area (Å²) in [6.45, 7) is 6.51. The molecule has 0 spiro atoms. The smallest absolute Gasteiger partial charge is 0.339 e. The minimum Gasteiger partial charge on any atom is -0.478 e. The first-order valence-corrected chi connectivity index (χ1v) is 5.35. The molecular formula is C11H18N2O2. The number of aryl methyl sites for hydroxylation is 2. The second kappa shape index (κ2) is 4.96. The van der Waals surface area contributed by atoms with E-state index in [4.69, 9.17) is 5.11 Å². The lowest BCUT2D eigenvalue weighted by atomic mass is 10.2. The van der Waals surface area contributed by atoms with E-state index < -0.39 is 5.97 Å². The largest absolute Gasteiger partial charge is 0.478 e. The van der Waals surface area contributed by atoms with Gasteiger partial charge in [-0.3, -0.25) is 4.68 Å². The lowest BCUT2D eigenvalue weighted by Gasteiger charge is -2.03. The second-order valence-electron chi connectivity index (χ2n) is 3.78. The highest BCUT2D eigenvalue weighted by atomic mass is 16.4. The average Bonchev–Trinajstić information content (AvgIpc) is 2.42. The third-order valence-corrected chi connectivity index (χ3v) is 2.57. The highest BCUT2D eigenvalue weighted by Gasteiger charge is 2.16. The van der Waals surface area contributed by atoms with Gasteiger partial charge in [0, 0.05) is 6.54 Å². The van der Waals surface area contributed by atoms with Crippen LogP contribution >= 0.6 is 0 Å². The van der Waals surface area contributed by atoms with Crippen LogP contribution in [0.4, 0.5) is 0 Å². The molecule has 0 radical (unpaired) electrons. The summed E-state index contributed by atoms with van der Waals surface area (Å²) in [6.07, 6.45) is 3.36. The highest BCUT2D eigenvalue weighted by molar-refractivity contribution is 5.90. The normalized spacial score (nSPS) is 10.6. The zero-order valence-electron chi connectivity index (χ0n) is 9.58. The van der Waals surface area contributed by atoms with Crippen LogP contribution in [0.15, 0.2) is 0 Å². The Morgan fingerprint density at radius 3 is 2.53 bits per heavy atom. The molecule has 1 N–H and O–H groups in total. The molecule has 0 saturated carbocycles. The van der Waals surface area contributed by atoms with Gasteiger partial charge in [-0.05, 0) is 20.3 Å². The minimum atomic E-state index is -0.883. The Morgan fingerprint density at radius 1 is 1.40 bits per heavy atom. The first kappa shape index (κ1) is 11.8. The summed E-state index contributed by atoms with van der Waals surface area (Å²) >= 11 is 0. The highest BCUT2D eigenvalue weighted by Crippen LogP contribution is 2.13. The monoisotopic (exact) mass is 210 g/mol. The molecule has 0 unspecified atom stereocenters. The van der Waals surface area contributed by atoms with Gasteiger partial charge in [0.2, 0.25) is 0 Å². The number of aromatic carboxylic acids is 1. The fourth-order valence-electron chi connectivity index (χ4n) is 1.74. The Hall–Kier alpha value is -1.32. The van der Waals surface area contributed by atoms with Crippen LogP contribution in [0.25, 0.3) is 0 Å². The maximum absolute atomic E-state index is 10.9. The molecule has 0 aromatic carbocycles. The van der Waals surface area contributed by atoms with Gasteiger partial charge in [0.05, 0.1) is 11.4 Å². The SMILES string of the molecule is CCCCCn1nc(C)c(C(=O)O)c1C. The van der Waals surface area contributed by atoms with E-state index in [-0.39, 0.29) is 0 Å². The van der Waals surface area contributed by atoms with Crippen molar-refractivity contribution in [2.75, 3.05) is 0 Å². The number of hydrogen-bond acceptors (Lipinski definition) is 2. The topological polar surface area (TPSA) is 55.1 Å². The summed E-state index contributed by atoms with van der Waals surface area (Å²) in [5.74, 6) is -0.883. The summed E-state index contributed by atoms with van der Waals surface area (Å²) in [4.78, 5) is 10.9. The number of nitrogens with zero attached hydrogens (tertiary/aromatic N) is 2. The molecular weight excluding hydrogens is 192 g/mol. The molecule has 1 aromatic rings. The first-order chi connectivity index (χ1) is 7.07. The Labute approximate surface area is 89.9 Å². The average molecular weight is 210 g/mol. The second-order valence-corrected chi connectivity index (χ2v) is 3.78. The third-order valence-electron chi connectivity index (χ3n) is 2.57. The van der Waals surface area contributed by atoms with E-state index in [1.165, 1.54) is 0 Å². The summed E-state index contributed by atoms with van der Waals surface area (Å²) in [7, 11) is 0. The number of carboxylic acid groups (broad SMARTS) is 1. The molecule has 15 heavy (non-hydrogen) atoms. The van der Waals surface area contributed by atoms with Gasteiger partial charge in [0.1, 0.15) is 5.56 Å². The number of aromatic nitrogens is 2. The van der Waals surface area contributed by atoms with Crippen LogP contribution in [0, 0.1) is 13.8 Å². The van der Waals surface area contributed by atoms with E-state index in [0.29, 0.717) is 11.3 Å². The van der Waals surface area contributed by atoms with Crippen LogP contribution in [0.3, 0.4) is 0 Å². The van der Waals surface area contributed by atoms with Crippen LogP contribution in [-0.4, -0.2) is 20.9 Å². The molecule has 0 atom stereocenters. The van der Waals surface area contributed by atoms with Crippen LogP contribution in [0.2, 0.25) is 0 Å². The van der Waals surface area contributed by atoms with Crippen molar-refractivity contribution >= 4 is 5.97 Å². The van der Waals surface area contributed by atoms with Gasteiger partial charge >= 0.3 is 5.97 Å². The fraction of sp³-hybridized carbons (Fsp3) is 0.636. The van der Waals surface area contributed by atoms with Crippen LogP contribution in [0.1, 0.15) is 47.9 Å². The number of carboxylic acids is 1. The summed E-state index contributed by atoms with van der Waals surface area (Å²) < 4.78 is 1.80. The molecule has 1 rings (SSSR count). The first-order valence-electron chi connectivity index (χ1n) is 5.35. The molecule has 0 aliphatic heterocycles. The maximum atomic E-state index is 10.9. The van der Waals surface area contributed by atoms with Crippen molar-refractivity contribution in [3.05, 3.63) is 17.0 Å². The molecule has 4 nitrogen and oxygen atoms in total. The van der Waals surface area contributed by atoms with Crippen molar-refractivity contribution in [3.8, 4) is 0 Å². The number of rotatable bonds is 5. The lowest BCUT2D eigenvalue weighted by Crippen LogP contribution is -2.04. The summed E-state index contributed by atoms with van der Waals surface area (Å²) in [6, 6.07) is 0. The van der Waals surface area contributed by atoms with E-state index in [1.807, 2.05) is 6.92 Å². The summed E-state index contributed by atoms with van der Waals surface area (Å²) in [5.41, 5.74) is 1.72. The van der Waals surface area contributed by atoms with Gasteiger partial charge in [-0.2, -0.15) is 5.10 Å². The zero-order chi connectivity index (χ0) is 11.4. The van der Waals surface area contributed by atoms with E-state index >= 15 is 0 Å². The van der Waals surface area contributed by atoms with Crippen molar-refractivity contribution in [1.29, 1.82) is 0 Å². The molecule has 0 aliphatic rings. The Bertz CT molecular complexity index is 356. The molecule has 0 amide bonds.